The second kappa shape index (κ2) is 6.88. The van der Waals surface area contributed by atoms with Crippen LogP contribution in [0, 0.1) is 13.8 Å². The molecule has 1 aromatic carbocycles. The molecular weight excluding hydrogens is 324 g/mol. The van der Waals surface area contributed by atoms with Gasteiger partial charge in [-0.1, -0.05) is 17.7 Å². The number of hydrogen-bond donors (Lipinski definition) is 3. The molecule has 0 spiro atoms. The Labute approximate surface area is 145 Å². The van der Waals surface area contributed by atoms with Gasteiger partial charge in [-0.15, -0.1) is 0 Å². The van der Waals surface area contributed by atoms with Crippen molar-refractivity contribution < 1.29 is 0 Å². The fraction of sp³-hybridized carbons (Fsp3) is 0.235. The highest BCUT2D eigenvalue weighted by Gasteiger charge is 2.06. The Bertz CT molecular complexity index is 838. The number of aromatic nitrogens is 4. The lowest BCUT2D eigenvalue weighted by molar-refractivity contribution is 0.888. The van der Waals surface area contributed by atoms with E-state index in [1.807, 2.05) is 24.3 Å². The Balaban J connectivity index is 1.66. The van der Waals surface area contributed by atoms with E-state index in [9.17, 15) is 0 Å². The molecule has 0 aliphatic rings. The molecule has 6 nitrogen and oxygen atoms in total. The summed E-state index contributed by atoms with van der Waals surface area (Å²) in [6.45, 7) is 3.89. The highest BCUT2D eigenvalue weighted by molar-refractivity contribution is 6.29. The highest BCUT2D eigenvalue weighted by atomic mass is 35.5. The molecule has 0 unspecified atom stereocenters. The fourth-order valence-electron chi connectivity index (χ4n) is 2.51. The lowest BCUT2D eigenvalue weighted by atomic mass is 10.0. The predicted molar refractivity (Wildman–Crippen MR) is 96.6 cm³/mol. The summed E-state index contributed by atoms with van der Waals surface area (Å²) in [5.41, 5.74) is 10.2. The Morgan fingerprint density at radius 1 is 1.08 bits per heavy atom. The second-order valence-electron chi connectivity index (χ2n) is 5.71. The number of aryl methyl sites for hydroxylation is 4. The van der Waals surface area contributed by atoms with E-state index in [2.05, 4.69) is 32.4 Å². The van der Waals surface area contributed by atoms with E-state index in [0.717, 1.165) is 24.2 Å². The van der Waals surface area contributed by atoms with Crippen LogP contribution >= 0.6 is 11.6 Å². The molecule has 0 fully saturated rings. The largest absolute Gasteiger partial charge is 0.399 e. The van der Waals surface area contributed by atoms with Gasteiger partial charge in [-0.25, -0.2) is 9.97 Å². The smallest absolute Gasteiger partial charge is 0.153 e. The van der Waals surface area contributed by atoms with Crippen LogP contribution in [-0.2, 0) is 12.8 Å². The lowest BCUT2D eigenvalue weighted by Crippen LogP contribution is -1.97. The molecule has 4 N–H and O–H groups in total. The molecule has 7 heteroatoms. The molecule has 0 saturated carbocycles. The Morgan fingerprint density at radius 2 is 1.92 bits per heavy atom. The van der Waals surface area contributed by atoms with Crippen molar-refractivity contribution in [3.63, 3.8) is 0 Å². The molecule has 24 heavy (non-hydrogen) atoms. The van der Waals surface area contributed by atoms with Gasteiger partial charge in [0.05, 0.1) is 0 Å². The number of H-pyrrole nitrogens is 1. The minimum absolute atomic E-state index is 0.401. The number of benzene rings is 1. The van der Waals surface area contributed by atoms with Gasteiger partial charge in [0.1, 0.15) is 16.8 Å². The maximum atomic E-state index is 5.94. The number of aromatic amines is 1. The summed E-state index contributed by atoms with van der Waals surface area (Å²) >= 11 is 5.94. The van der Waals surface area contributed by atoms with Gasteiger partial charge in [-0.05, 0) is 49.9 Å². The van der Waals surface area contributed by atoms with Crippen LogP contribution in [0.1, 0.15) is 22.6 Å². The number of nitrogens with two attached hydrogens (primary N) is 1. The molecule has 124 valence electrons. The number of nitrogens with one attached hydrogen (secondary N) is 2. The van der Waals surface area contributed by atoms with Crippen LogP contribution in [0.4, 0.5) is 17.3 Å². The summed E-state index contributed by atoms with van der Waals surface area (Å²) in [4.78, 5) is 8.31. The molecule has 3 aromatic rings. The average Bonchev–Trinajstić information content (AvgIpc) is 2.94. The van der Waals surface area contributed by atoms with Gasteiger partial charge in [0.25, 0.3) is 0 Å². The zero-order valence-corrected chi connectivity index (χ0v) is 14.4. The third kappa shape index (κ3) is 4.02. The van der Waals surface area contributed by atoms with Crippen molar-refractivity contribution in [2.24, 2.45) is 0 Å². The molecule has 0 amide bonds. The van der Waals surface area contributed by atoms with E-state index in [1.165, 1.54) is 11.1 Å². The third-order valence-electron chi connectivity index (χ3n) is 3.73. The first-order chi connectivity index (χ1) is 11.5. The molecule has 0 bridgehead atoms. The molecule has 2 heterocycles. The Morgan fingerprint density at radius 3 is 2.71 bits per heavy atom. The zero-order valence-electron chi connectivity index (χ0n) is 13.6. The van der Waals surface area contributed by atoms with Crippen molar-refractivity contribution in [2.45, 2.75) is 26.7 Å². The molecule has 0 saturated heterocycles. The molecule has 0 aliphatic carbocycles. The van der Waals surface area contributed by atoms with Crippen LogP contribution in [0.15, 0.2) is 30.3 Å². The monoisotopic (exact) mass is 342 g/mol. The maximum absolute atomic E-state index is 5.94. The Kier molecular flexibility index (Phi) is 4.66. The minimum Gasteiger partial charge on any atom is -0.399 e. The molecule has 3 rings (SSSR count). The van der Waals surface area contributed by atoms with E-state index in [1.54, 1.807) is 13.0 Å². The van der Waals surface area contributed by atoms with Crippen molar-refractivity contribution in [1.29, 1.82) is 0 Å². The first-order valence-electron chi connectivity index (χ1n) is 7.67. The molecular formula is C17H19ClN6. The van der Waals surface area contributed by atoms with E-state index in [-0.39, 0.29) is 0 Å². The first-order valence-corrected chi connectivity index (χ1v) is 8.05. The Hall–Kier alpha value is -2.60. The van der Waals surface area contributed by atoms with E-state index >= 15 is 0 Å². The van der Waals surface area contributed by atoms with Crippen molar-refractivity contribution in [2.75, 3.05) is 11.1 Å². The number of anilines is 3. The van der Waals surface area contributed by atoms with Gasteiger partial charge >= 0.3 is 0 Å². The van der Waals surface area contributed by atoms with Gasteiger partial charge < -0.3 is 11.1 Å². The number of nitrogens with zero attached hydrogens (tertiary/aromatic N) is 3. The summed E-state index contributed by atoms with van der Waals surface area (Å²) in [6, 6.07) is 9.63. The van der Waals surface area contributed by atoms with Crippen LogP contribution in [0.2, 0.25) is 5.15 Å². The number of nitrogen functional groups attached to an aromatic ring is 1. The summed E-state index contributed by atoms with van der Waals surface area (Å²) in [7, 11) is 0. The van der Waals surface area contributed by atoms with Crippen LogP contribution in [0.25, 0.3) is 0 Å². The topological polar surface area (TPSA) is 92.5 Å². The van der Waals surface area contributed by atoms with E-state index in [0.29, 0.717) is 22.6 Å². The van der Waals surface area contributed by atoms with Crippen LogP contribution in [0.5, 0.6) is 0 Å². The van der Waals surface area contributed by atoms with Gasteiger partial charge in [-0.2, -0.15) is 5.10 Å². The standard InChI is InChI=1S/C17H19ClN6/c1-10-3-5-13(19)7-12(10)4-6-14-8-17(24-23-14)22-16-9-15(18)20-11(2)21-16/h3,5,7-9H,4,6,19H2,1-2H3,(H2,20,21,22,23,24). The van der Waals surface area contributed by atoms with Gasteiger partial charge in [-0.3, -0.25) is 5.10 Å². The predicted octanol–water partition coefficient (Wildman–Crippen LogP) is 3.58. The molecule has 2 aromatic heterocycles. The van der Waals surface area contributed by atoms with Crippen molar-refractivity contribution in [1.82, 2.24) is 20.2 Å². The molecule has 0 atom stereocenters. The van der Waals surface area contributed by atoms with Crippen LogP contribution in [0.3, 0.4) is 0 Å². The average molecular weight is 343 g/mol. The summed E-state index contributed by atoms with van der Waals surface area (Å²) < 4.78 is 0. The second-order valence-corrected chi connectivity index (χ2v) is 6.10. The quantitative estimate of drug-likeness (QED) is 0.487. The van der Waals surface area contributed by atoms with Gasteiger partial charge in [0, 0.05) is 23.5 Å². The molecule has 0 radical (unpaired) electrons. The highest BCUT2D eigenvalue weighted by Crippen LogP contribution is 2.18. The SMILES string of the molecule is Cc1nc(Cl)cc(Nc2cc(CCc3cc(N)ccc3C)[nH]n2)n1. The van der Waals surface area contributed by atoms with Crippen LogP contribution in [-0.4, -0.2) is 20.2 Å². The normalized spacial score (nSPS) is 10.8. The zero-order chi connectivity index (χ0) is 17.1. The summed E-state index contributed by atoms with van der Waals surface area (Å²) in [6.07, 6.45) is 1.75. The first kappa shape index (κ1) is 16.3. The number of rotatable bonds is 5. The van der Waals surface area contributed by atoms with Crippen LogP contribution < -0.4 is 11.1 Å². The number of halogens is 1. The molecule has 0 aliphatic heterocycles. The lowest BCUT2D eigenvalue weighted by Gasteiger charge is -2.05. The van der Waals surface area contributed by atoms with E-state index < -0.39 is 0 Å². The van der Waals surface area contributed by atoms with Crippen molar-refractivity contribution in [3.05, 3.63) is 58.1 Å². The van der Waals surface area contributed by atoms with Gasteiger partial charge in [0.15, 0.2) is 5.82 Å². The number of hydrogen-bond acceptors (Lipinski definition) is 5. The summed E-state index contributed by atoms with van der Waals surface area (Å²) in [5, 5.41) is 10.8. The van der Waals surface area contributed by atoms with Crippen molar-refractivity contribution >= 4 is 28.9 Å². The van der Waals surface area contributed by atoms with Gasteiger partial charge in [0.2, 0.25) is 0 Å². The maximum Gasteiger partial charge on any atom is 0.153 e. The summed E-state index contributed by atoms with van der Waals surface area (Å²) in [5.74, 6) is 1.93. The van der Waals surface area contributed by atoms with Crippen molar-refractivity contribution in [3.8, 4) is 0 Å². The van der Waals surface area contributed by atoms with E-state index in [4.69, 9.17) is 17.3 Å². The fourth-order valence-corrected chi connectivity index (χ4v) is 2.74. The third-order valence-corrected chi connectivity index (χ3v) is 3.92. The minimum atomic E-state index is 0.401.